The average molecular weight is 385 g/mol. The molecule has 0 saturated heterocycles. The first-order chi connectivity index (χ1) is 11.1. The molecule has 0 aliphatic rings. The SMILES string of the molecule is COc1cccc(-c2csc(NC(=O)c3cc(Cl)sc3Cl)n2)c1. The molecule has 1 N–H and O–H groups in total. The highest BCUT2D eigenvalue weighted by atomic mass is 35.5. The molecule has 3 aromatic rings. The minimum atomic E-state index is -0.329. The van der Waals surface area contributed by atoms with Gasteiger partial charge in [-0.2, -0.15) is 0 Å². The molecule has 23 heavy (non-hydrogen) atoms. The Kier molecular flexibility index (Phi) is 4.87. The van der Waals surface area contributed by atoms with Crippen LogP contribution in [0, 0.1) is 0 Å². The van der Waals surface area contributed by atoms with Gasteiger partial charge in [-0.25, -0.2) is 4.98 Å². The average Bonchev–Trinajstić information content (AvgIpc) is 3.13. The second-order valence-electron chi connectivity index (χ2n) is 4.46. The van der Waals surface area contributed by atoms with Gasteiger partial charge in [0.25, 0.3) is 5.91 Å². The number of ether oxygens (including phenoxy) is 1. The fraction of sp³-hybridized carbons (Fsp3) is 0.0667. The number of halogens is 2. The minimum absolute atomic E-state index is 0.329. The Labute approximate surface area is 150 Å². The van der Waals surface area contributed by atoms with Gasteiger partial charge in [-0.3, -0.25) is 10.1 Å². The monoisotopic (exact) mass is 384 g/mol. The highest BCUT2D eigenvalue weighted by Crippen LogP contribution is 2.32. The first-order valence-corrected chi connectivity index (χ1v) is 8.88. The molecule has 118 valence electrons. The Morgan fingerprint density at radius 1 is 1.30 bits per heavy atom. The number of anilines is 1. The summed E-state index contributed by atoms with van der Waals surface area (Å²) in [4.78, 5) is 16.6. The number of hydrogen-bond donors (Lipinski definition) is 1. The van der Waals surface area contributed by atoms with Crippen molar-refractivity contribution in [3.8, 4) is 17.0 Å². The van der Waals surface area contributed by atoms with Crippen molar-refractivity contribution in [2.24, 2.45) is 0 Å². The first kappa shape index (κ1) is 16.3. The third kappa shape index (κ3) is 3.67. The van der Waals surface area contributed by atoms with Crippen molar-refractivity contribution < 1.29 is 9.53 Å². The third-order valence-electron chi connectivity index (χ3n) is 2.99. The lowest BCUT2D eigenvalue weighted by Gasteiger charge is -2.02. The molecule has 0 aliphatic heterocycles. The molecule has 4 nitrogen and oxygen atoms in total. The van der Waals surface area contributed by atoms with E-state index in [0.29, 0.717) is 19.4 Å². The highest BCUT2D eigenvalue weighted by Gasteiger charge is 2.16. The summed E-state index contributed by atoms with van der Waals surface area (Å²) < 4.78 is 6.03. The molecule has 0 bridgehead atoms. The van der Waals surface area contributed by atoms with Crippen molar-refractivity contribution in [3.63, 3.8) is 0 Å². The van der Waals surface area contributed by atoms with E-state index in [0.717, 1.165) is 28.3 Å². The summed E-state index contributed by atoms with van der Waals surface area (Å²) in [6, 6.07) is 9.11. The van der Waals surface area contributed by atoms with Gasteiger partial charge in [-0.05, 0) is 18.2 Å². The fourth-order valence-electron chi connectivity index (χ4n) is 1.91. The van der Waals surface area contributed by atoms with Crippen molar-refractivity contribution in [1.82, 2.24) is 4.98 Å². The first-order valence-electron chi connectivity index (χ1n) is 6.43. The van der Waals surface area contributed by atoms with Crippen molar-refractivity contribution >= 4 is 56.9 Å². The number of carbonyl (C=O) groups is 1. The molecular formula is C15H10Cl2N2O2S2. The largest absolute Gasteiger partial charge is 0.497 e. The van der Waals surface area contributed by atoms with Crippen LogP contribution in [0.5, 0.6) is 5.75 Å². The van der Waals surface area contributed by atoms with E-state index in [-0.39, 0.29) is 5.91 Å². The summed E-state index contributed by atoms with van der Waals surface area (Å²) >= 11 is 14.3. The van der Waals surface area contributed by atoms with Crippen LogP contribution < -0.4 is 10.1 Å². The molecule has 0 fully saturated rings. The molecule has 0 atom stereocenters. The molecule has 1 aromatic carbocycles. The van der Waals surface area contributed by atoms with E-state index in [2.05, 4.69) is 10.3 Å². The fourth-order valence-corrected chi connectivity index (χ4v) is 4.08. The lowest BCUT2D eigenvalue weighted by atomic mass is 10.2. The minimum Gasteiger partial charge on any atom is -0.497 e. The number of benzene rings is 1. The standard InChI is InChI=1S/C15H10Cl2N2O2S2/c1-21-9-4-2-3-8(5-9)11-7-22-15(18-11)19-14(20)10-6-12(16)23-13(10)17/h2-7H,1H3,(H,18,19,20). The lowest BCUT2D eigenvalue weighted by Crippen LogP contribution is -2.11. The van der Waals surface area contributed by atoms with E-state index in [9.17, 15) is 4.79 Å². The summed E-state index contributed by atoms with van der Waals surface area (Å²) in [5.41, 5.74) is 2.02. The Hall–Kier alpha value is -1.60. The number of aromatic nitrogens is 1. The Balaban J connectivity index is 1.79. The predicted molar refractivity (Wildman–Crippen MR) is 96.4 cm³/mol. The quantitative estimate of drug-likeness (QED) is 0.651. The number of nitrogens with one attached hydrogen (secondary N) is 1. The zero-order chi connectivity index (χ0) is 16.4. The summed E-state index contributed by atoms with van der Waals surface area (Å²) in [6.45, 7) is 0. The van der Waals surface area contributed by atoms with Gasteiger partial charge in [0.05, 0.1) is 22.7 Å². The molecule has 8 heteroatoms. The topological polar surface area (TPSA) is 51.2 Å². The van der Waals surface area contributed by atoms with Crippen LogP contribution in [0.25, 0.3) is 11.3 Å². The normalized spacial score (nSPS) is 10.6. The van der Waals surface area contributed by atoms with E-state index in [4.69, 9.17) is 27.9 Å². The summed E-state index contributed by atoms with van der Waals surface area (Å²) in [7, 11) is 1.61. The molecule has 2 aromatic heterocycles. The highest BCUT2D eigenvalue weighted by molar-refractivity contribution is 7.20. The number of carbonyl (C=O) groups excluding carboxylic acids is 1. The van der Waals surface area contributed by atoms with E-state index in [1.165, 1.54) is 11.3 Å². The Bertz CT molecular complexity index is 861. The van der Waals surface area contributed by atoms with Gasteiger partial charge in [0.1, 0.15) is 10.1 Å². The van der Waals surface area contributed by atoms with Crippen molar-refractivity contribution in [2.45, 2.75) is 0 Å². The van der Waals surface area contributed by atoms with Crippen molar-refractivity contribution in [2.75, 3.05) is 12.4 Å². The maximum atomic E-state index is 12.2. The van der Waals surface area contributed by atoms with Gasteiger partial charge in [0, 0.05) is 10.9 Å². The molecule has 0 spiro atoms. The second-order valence-corrected chi connectivity index (χ2v) is 7.61. The van der Waals surface area contributed by atoms with Crippen molar-refractivity contribution in [3.05, 3.63) is 49.9 Å². The Morgan fingerprint density at radius 3 is 2.83 bits per heavy atom. The number of thiazole rings is 1. The maximum Gasteiger partial charge on any atom is 0.259 e. The molecule has 0 aliphatic carbocycles. The zero-order valence-electron chi connectivity index (χ0n) is 11.8. The number of hydrogen-bond acceptors (Lipinski definition) is 5. The number of amides is 1. The van der Waals surface area contributed by atoms with Crippen LogP contribution in [0.4, 0.5) is 5.13 Å². The van der Waals surface area contributed by atoms with Crippen molar-refractivity contribution in [1.29, 1.82) is 0 Å². The molecule has 0 saturated carbocycles. The number of thiophene rings is 1. The summed E-state index contributed by atoms with van der Waals surface area (Å²) in [6.07, 6.45) is 0. The van der Waals surface area contributed by atoms with Gasteiger partial charge < -0.3 is 4.74 Å². The van der Waals surface area contributed by atoms with Crippen LogP contribution in [0.2, 0.25) is 8.67 Å². The van der Waals surface area contributed by atoms with Crippen LogP contribution in [-0.2, 0) is 0 Å². The van der Waals surface area contributed by atoms with Gasteiger partial charge in [-0.15, -0.1) is 22.7 Å². The smallest absolute Gasteiger partial charge is 0.259 e. The summed E-state index contributed by atoms with van der Waals surface area (Å²) in [5, 5.41) is 5.09. The number of rotatable bonds is 4. The molecular weight excluding hydrogens is 375 g/mol. The molecule has 2 heterocycles. The zero-order valence-corrected chi connectivity index (χ0v) is 14.9. The predicted octanol–water partition coefficient (Wildman–Crippen LogP) is 5.44. The summed E-state index contributed by atoms with van der Waals surface area (Å²) in [5.74, 6) is 0.422. The van der Waals surface area contributed by atoms with Crippen LogP contribution >= 0.6 is 45.9 Å². The molecule has 0 unspecified atom stereocenters. The molecule has 1 amide bonds. The van der Waals surface area contributed by atoms with Gasteiger partial charge in [0.15, 0.2) is 5.13 Å². The van der Waals surface area contributed by atoms with Gasteiger partial charge in [0.2, 0.25) is 0 Å². The van der Waals surface area contributed by atoms with Crippen LogP contribution in [0.1, 0.15) is 10.4 Å². The molecule has 0 radical (unpaired) electrons. The van der Waals surface area contributed by atoms with Crippen LogP contribution in [0.3, 0.4) is 0 Å². The molecule has 3 rings (SSSR count). The van der Waals surface area contributed by atoms with E-state index in [1.807, 2.05) is 29.6 Å². The van der Waals surface area contributed by atoms with E-state index >= 15 is 0 Å². The van der Waals surface area contributed by atoms with E-state index < -0.39 is 0 Å². The maximum absolute atomic E-state index is 12.2. The van der Waals surface area contributed by atoms with Crippen LogP contribution in [-0.4, -0.2) is 18.0 Å². The van der Waals surface area contributed by atoms with Gasteiger partial charge in [-0.1, -0.05) is 35.3 Å². The van der Waals surface area contributed by atoms with Crippen LogP contribution in [0.15, 0.2) is 35.7 Å². The number of methoxy groups -OCH3 is 1. The Morgan fingerprint density at radius 2 is 2.13 bits per heavy atom. The second kappa shape index (κ2) is 6.88. The number of nitrogens with zero attached hydrogens (tertiary/aromatic N) is 1. The van der Waals surface area contributed by atoms with E-state index in [1.54, 1.807) is 13.2 Å². The lowest BCUT2D eigenvalue weighted by molar-refractivity contribution is 0.102. The van der Waals surface area contributed by atoms with Gasteiger partial charge >= 0.3 is 0 Å². The third-order valence-corrected chi connectivity index (χ3v) is 5.24.